The summed E-state index contributed by atoms with van der Waals surface area (Å²) >= 11 is 0. The van der Waals surface area contributed by atoms with Gasteiger partial charge in [0.2, 0.25) is 0 Å². The van der Waals surface area contributed by atoms with Crippen LogP contribution < -0.4 is 5.32 Å². The normalized spacial score (nSPS) is 26.1. The van der Waals surface area contributed by atoms with Crippen LogP contribution in [0.4, 0.5) is 0 Å². The maximum Gasteiger partial charge on any atom is 0.150 e. The highest BCUT2D eigenvalue weighted by Crippen LogP contribution is 2.25. The second-order valence-corrected chi connectivity index (χ2v) is 4.40. The summed E-state index contributed by atoms with van der Waals surface area (Å²) < 4.78 is 1.96. The van der Waals surface area contributed by atoms with Gasteiger partial charge in [-0.1, -0.05) is 6.92 Å². The number of nitrogens with one attached hydrogen (secondary N) is 1. The third-order valence-electron chi connectivity index (χ3n) is 3.17. The highest BCUT2D eigenvalue weighted by molar-refractivity contribution is 5.06. The zero-order valence-corrected chi connectivity index (χ0v) is 9.82. The first-order valence-corrected chi connectivity index (χ1v) is 5.85. The summed E-state index contributed by atoms with van der Waals surface area (Å²) in [6.45, 7) is 5.49. The fraction of sp³-hybridized carbons (Fsp3) is 0.818. The molecule has 2 unspecified atom stereocenters. The first-order valence-electron chi connectivity index (χ1n) is 5.85. The van der Waals surface area contributed by atoms with Gasteiger partial charge in [-0.25, -0.2) is 4.98 Å². The van der Waals surface area contributed by atoms with Gasteiger partial charge in [-0.05, 0) is 26.3 Å². The second kappa shape index (κ2) is 4.31. The maximum absolute atomic E-state index is 4.64. The summed E-state index contributed by atoms with van der Waals surface area (Å²) in [6.07, 6.45) is 3.28. The summed E-state index contributed by atoms with van der Waals surface area (Å²) in [7, 11) is 2.01. The molecule has 4 heteroatoms. The highest BCUT2D eigenvalue weighted by Gasteiger charge is 2.28. The van der Waals surface area contributed by atoms with Crippen molar-refractivity contribution in [2.75, 3.05) is 6.54 Å². The predicted molar refractivity (Wildman–Crippen MR) is 59.8 cm³/mol. The van der Waals surface area contributed by atoms with Crippen molar-refractivity contribution in [3.05, 3.63) is 11.6 Å². The van der Waals surface area contributed by atoms with E-state index in [2.05, 4.69) is 29.2 Å². The molecular formula is C11H20N4. The largest absolute Gasteiger partial charge is 0.314 e. The van der Waals surface area contributed by atoms with Gasteiger partial charge in [0.25, 0.3) is 0 Å². The van der Waals surface area contributed by atoms with Crippen molar-refractivity contribution in [1.82, 2.24) is 20.1 Å². The van der Waals surface area contributed by atoms with E-state index in [1.54, 1.807) is 0 Å². The van der Waals surface area contributed by atoms with Crippen molar-refractivity contribution >= 4 is 0 Å². The van der Waals surface area contributed by atoms with Gasteiger partial charge in [-0.15, -0.1) is 0 Å². The van der Waals surface area contributed by atoms with Crippen molar-refractivity contribution in [3.8, 4) is 0 Å². The average molecular weight is 208 g/mol. The molecule has 0 spiro atoms. The Balaban J connectivity index is 2.19. The van der Waals surface area contributed by atoms with Crippen LogP contribution in [0.3, 0.4) is 0 Å². The number of aromatic nitrogens is 3. The lowest BCUT2D eigenvalue weighted by Gasteiger charge is -2.13. The van der Waals surface area contributed by atoms with Crippen LogP contribution in [0.25, 0.3) is 0 Å². The first-order chi connectivity index (χ1) is 7.22. The Hall–Kier alpha value is -0.900. The van der Waals surface area contributed by atoms with E-state index in [0.29, 0.717) is 12.0 Å². The Bertz CT molecular complexity index is 331. The number of hydrogen-bond donors (Lipinski definition) is 1. The minimum Gasteiger partial charge on any atom is -0.314 e. The molecule has 2 heterocycles. The second-order valence-electron chi connectivity index (χ2n) is 4.40. The molecule has 0 aliphatic carbocycles. The fourth-order valence-corrected chi connectivity index (χ4v) is 2.32. The van der Waals surface area contributed by atoms with Crippen LogP contribution in [-0.2, 0) is 13.5 Å². The topological polar surface area (TPSA) is 42.7 Å². The molecule has 0 radical (unpaired) electrons. The Labute approximate surface area is 91.1 Å². The molecule has 1 fully saturated rings. The van der Waals surface area contributed by atoms with Gasteiger partial charge in [0, 0.05) is 25.4 Å². The smallest absolute Gasteiger partial charge is 0.150 e. The van der Waals surface area contributed by atoms with Crippen molar-refractivity contribution in [2.45, 2.75) is 45.1 Å². The third kappa shape index (κ3) is 2.04. The molecule has 2 atom stereocenters. The summed E-state index contributed by atoms with van der Waals surface area (Å²) in [5.41, 5.74) is 0. The molecule has 0 amide bonds. The molecule has 4 nitrogen and oxygen atoms in total. The molecule has 1 aliphatic rings. The van der Waals surface area contributed by atoms with Crippen LogP contribution in [0.2, 0.25) is 0 Å². The zero-order valence-electron chi connectivity index (χ0n) is 9.82. The number of aryl methyl sites for hydroxylation is 2. The summed E-state index contributed by atoms with van der Waals surface area (Å²) in [5, 5.41) is 7.91. The standard InChI is InChI=1S/C11H20N4/c1-4-5-10-13-11(15(3)14-10)9-6-7-12-8(9)2/h8-9,12H,4-7H2,1-3H3. The molecule has 15 heavy (non-hydrogen) atoms. The van der Waals surface area contributed by atoms with Crippen molar-refractivity contribution in [3.63, 3.8) is 0 Å². The van der Waals surface area contributed by atoms with E-state index in [9.17, 15) is 0 Å². The number of rotatable bonds is 3. The maximum atomic E-state index is 4.64. The number of hydrogen-bond acceptors (Lipinski definition) is 3. The molecule has 2 rings (SSSR count). The van der Waals surface area contributed by atoms with E-state index in [4.69, 9.17) is 0 Å². The summed E-state index contributed by atoms with van der Waals surface area (Å²) in [4.78, 5) is 4.64. The first kappa shape index (κ1) is 10.6. The quantitative estimate of drug-likeness (QED) is 0.812. The lowest BCUT2D eigenvalue weighted by molar-refractivity contribution is 0.537. The van der Waals surface area contributed by atoms with Crippen LogP contribution in [0, 0.1) is 0 Å². The number of nitrogens with zero attached hydrogens (tertiary/aromatic N) is 3. The molecule has 1 aromatic rings. The van der Waals surface area contributed by atoms with Gasteiger partial charge in [0.05, 0.1) is 0 Å². The van der Waals surface area contributed by atoms with Gasteiger partial charge in [0.1, 0.15) is 5.82 Å². The van der Waals surface area contributed by atoms with Gasteiger partial charge in [-0.2, -0.15) is 5.10 Å². The average Bonchev–Trinajstić information content (AvgIpc) is 2.73. The molecule has 0 saturated carbocycles. The molecule has 0 aromatic carbocycles. The minimum absolute atomic E-state index is 0.530. The SMILES string of the molecule is CCCc1nc(C2CCNC2C)n(C)n1. The molecule has 84 valence electrons. The third-order valence-corrected chi connectivity index (χ3v) is 3.17. The van der Waals surface area contributed by atoms with Gasteiger partial charge in [0.15, 0.2) is 5.82 Å². The monoisotopic (exact) mass is 208 g/mol. The summed E-state index contributed by atoms with van der Waals surface area (Å²) in [5.74, 6) is 2.68. The van der Waals surface area contributed by atoms with E-state index < -0.39 is 0 Å². The lowest BCUT2D eigenvalue weighted by atomic mass is 10.0. The Morgan fingerprint density at radius 3 is 2.93 bits per heavy atom. The van der Waals surface area contributed by atoms with Gasteiger partial charge < -0.3 is 5.32 Å². The zero-order chi connectivity index (χ0) is 10.8. The Morgan fingerprint density at radius 2 is 2.33 bits per heavy atom. The molecule has 1 aliphatic heterocycles. The van der Waals surface area contributed by atoms with Gasteiger partial charge >= 0.3 is 0 Å². The van der Waals surface area contributed by atoms with Crippen LogP contribution >= 0.6 is 0 Å². The Kier molecular flexibility index (Phi) is 3.05. The van der Waals surface area contributed by atoms with Crippen LogP contribution in [0.1, 0.15) is 44.3 Å². The minimum atomic E-state index is 0.530. The molecular weight excluding hydrogens is 188 g/mol. The molecule has 1 aromatic heterocycles. The summed E-state index contributed by atoms with van der Waals surface area (Å²) in [6, 6.07) is 0.530. The van der Waals surface area contributed by atoms with E-state index in [-0.39, 0.29) is 0 Å². The van der Waals surface area contributed by atoms with Crippen LogP contribution in [0.5, 0.6) is 0 Å². The van der Waals surface area contributed by atoms with Crippen LogP contribution in [0.15, 0.2) is 0 Å². The van der Waals surface area contributed by atoms with Crippen molar-refractivity contribution < 1.29 is 0 Å². The molecule has 0 bridgehead atoms. The van der Waals surface area contributed by atoms with E-state index in [1.807, 2.05) is 11.7 Å². The van der Waals surface area contributed by atoms with Crippen LogP contribution in [-0.4, -0.2) is 27.4 Å². The van der Waals surface area contributed by atoms with E-state index in [0.717, 1.165) is 31.0 Å². The molecule has 1 saturated heterocycles. The predicted octanol–water partition coefficient (Wildman–Crippen LogP) is 1.23. The van der Waals surface area contributed by atoms with E-state index >= 15 is 0 Å². The lowest BCUT2D eigenvalue weighted by Crippen LogP contribution is -2.23. The van der Waals surface area contributed by atoms with Crippen molar-refractivity contribution in [1.29, 1.82) is 0 Å². The molecule has 1 N–H and O–H groups in total. The fourth-order valence-electron chi connectivity index (χ4n) is 2.32. The van der Waals surface area contributed by atoms with Gasteiger partial charge in [-0.3, -0.25) is 4.68 Å². The highest BCUT2D eigenvalue weighted by atomic mass is 15.3. The Morgan fingerprint density at radius 1 is 1.53 bits per heavy atom. The van der Waals surface area contributed by atoms with Crippen molar-refractivity contribution in [2.24, 2.45) is 7.05 Å². The van der Waals surface area contributed by atoms with E-state index in [1.165, 1.54) is 6.42 Å².